The Morgan fingerprint density at radius 1 is 1.50 bits per heavy atom. The minimum absolute atomic E-state index is 0.00241. The summed E-state index contributed by atoms with van der Waals surface area (Å²) >= 11 is 1.68. The summed E-state index contributed by atoms with van der Waals surface area (Å²) in [4.78, 5) is 5.68. The van der Waals surface area contributed by atoms with E-state index in [1.165, 1.54) is 5.69 Å². The third-order valence-electron chi connectivity index (χ3n) is 4.06. The molecular weight excluding hydrogens is 218 g/mol. The average molecular weight is 235 g/mol. The summed E-state index contributed by atoms with van der Waals surface area (Å²) in [5.74, 6) is 0. The Balaban J connectivity index is 2.24. The van der Waals surface area contributed by atoms with Gasteiger partial charge in [0, 0.05) is 22.5 Å². The molecule has 0 aromatic carbocycles. The highest BCUT2D eigenvalue weighted by atomic mass is 32.1. The SMILES string of the molecule is Cc1nc2sccn2c1C(C)(C)C1(N)CC1. The van der Waals surface area contributed by atoms with Crippen LogP contribution in [-0.2, 0) is 5.41 Å². The largest absolute Gasteiger partial charge is 0.324 e. The summed E-state index contributed by atoms with van der Waals surface area (Å²) in [6, 6.07) is 0. The summed E-state index contributed by atoms with van der Waals surface area (Å²) < 4.78 is 2.20. The summed E-state index contributed by atoms with van der Waals surface area (Å²) in [5.41, 5.74) is 8.77. The van der Waals surface area contributed by atoms with Crippen LogP contribution in [-0.4, -0.2) is 14.9 Å². The van der Waals surface area contributed by atoms with E-state index in [9.17, 15) is 0 Å². The fraction of sp³-hybridized carbons (Fsp3) is 0.583. The van der Waals surface area contributed by atoms with Gasteiger partial charge in [-0.2, -0.15) is 0 Å². The van der Waals surface area contributed by atoms with Crippen LogP contribution < -0.4 is 5.73 Å². The fourth-order valence-electron chi connectivity index (χ4n) is 2.64. The first-order chi connectivity index (χ1) is 7.46. The first kappa shape index (κ1) is 10.3. The zero-order valence-corrected chi connectivity index (χ0v) is 10.8. The number of aryl methyl sites for hydroxylation is 1. The van der Waals surface area contributed by atoms with E-state index < -0.39 is 0 Å². The molecule has 1 aliphatic rings. The minimum atomic E-state index is -0.0321. The molecule has 1 aliphatic carbocycles. The van der Waals surface area contributed by atoms with Crippen LogP contribution in [0.5, 0.6) is 0 Å². The lowest BCUT2D eigenvalue weighted by Crippen LogP contribution is -2.44. The molecule has 2 heterocycles. The average Bonchev–Trinajstić information content (AvgIpc) is 2.68. The van der Waals surface area contributed by atoms with Crippen LogP contribution in [0.4, 0.5) is 0 Å². The van der Waals surface area contributed by atoms with Gasteiger partial charge in [0.1, 0.15) is 0 Å². The predicted octanol–water partition coefficient (Wildman–Crippen LogP) is 2.47. The second kappa shape index (κ2) is 2.87. The van der Waals surface area contributed by atoms with E-state index in [0.717, 1.165) is 23.5 Å². The quantitative estimate of drug-likeness (QED) is 0.869. The van der Waals surface area contributed by atoms with Crippen molar-refractivity contribution < 1.29 is 0 Å². The molecule has 0 spiro atoms. The van der Waals surface area contributed by atoms with Gasteiger partial charge in [0.05, 0.1) is 11.4 Å². The van der Waals surface area contributed by atoms with Crippen LogP contribution in [0.2, 0.25) is 0 Å². The highest BCUT2D eigenvalue weighted by Gasteiger charge is 2.53. The maximum Gasteiger partial charge on any atom is 0.194 e. The van der Waals surface area contributed by atoms with Crippen molar-refractivity contribution in [2.45, 2.75) is 44.6 Å². The molecule has 0 radical (unpaired) electrons. The first-order valence-corrected chi connectivity index (χ1v) is 6.55. The van der Waals surface area contributed by atoms with E-state index >= 15 is 0 Å². The normalized spacial score (nSPS) is 19.2. The van der Waals surface area contributed by atoms with Gasteiger partial charge in [0.25, 0.3) is 0 Å². The molecule has 2 aromatic heterocycles. The number of nitrogens with two attached hydrogens (primary N) is 1. The van der Waals surface area contributed by atoms with Gasteiger partial charge >= 0.3 is 0 Å². The molecule has 86 valence electrons. The first-order valence-electron chi connectivity index (χ1n) is 5.67. The smallest absolute Gasteiger partial charge is 0.194 e. The molecule has 0 bridgehead atoms. The molecule has 0 aliphatic heterocycles. The van der Waals surface area contributed by atoms with E-state index in [-0.39, 0.29) is 11.0 Å². The summed E-state index contributed by atoms with van der Waals surface area (Å²) in [6.07, 6.45) is 4.34. The van der Waals surface area contributed by atoms with Crippen LogP contribution in [0.15, 0.2) is 11.6 Å². The van der Waals surface area contributed by atoms with Gasteiger partial charge in [-0.05, 0) is 19.8 Å². The number of imidazole rings is 1. The highest BCUT2D eigenvalue weighted by molar-refractivity contribution is 7.15. The number of nitrogens with zero attached hydrogens (tertiary/aromatic N) is 2. The van der Waals surface area contributed by atoms with Gasteiger partial charge in [0.15, 0.2) is 4.96 Å². The van der Waals surface area contributed by atoms with E-state index in [4.69, 9.17) is 5.73 Å². The summed E-state index contributed by atoms with van der Waals surface area (Å²) in [5, 5.41) is 2.08. The van der Waals surface area contributed by atoms with Crippen LogP contribution in [0.25, 0.3) is 4.96 Å². The van der Waals surface area contributed by atoms with Crippen LogP contribution in [0.3, 0.4) is 0 Å². The van der Waals surface area contributed by atoms with Gasteiger partial charge in [-0.1, -0.05) is 13.8 Å². The van der Waals surface area contributed by atoms with Gasteiger partial charge in [-0.15, -0.1) is 11.3 Å². The third-order valence-corrected chi connectivity index (χ3v) is 4.82. The monoisotopic (exact) mass is 235 g/mol. The van der Waals surface area contributed by atoms with Gasteiger partial charge in [0.2, 0.25) is 0 Å². The number of aromatic nitrogens is 2. The topological polar surface area (TPSA) is 43.3 Å². The van der Waals surface area contributed by atoms with Crippen molar-refractivity contribution in [1.29, 1.82) is 0 Å². The fourth-order valence-corrected chi connectivity index (χ4v) is 3.40. The number of fused-ring (bicyclic) bond motifs is 1. The van der Waals surface area contributed by atoms with Crippen molar-refractivity contribution >= 4 is 16.3 Å². The molecule has 0 saturated heterocycles. The molecule has 1 fully saturated rings. The molecule has 0 atom stereocenters. The van der Waals surface area contributed by atoms with Crippen molar-refractivity contribution in [3.05, 3.63) is 23.0 Å². The maximum atomic E-state index is 6.41. The molecule has 0 amide bonds. The lowest BCUT2D eigenvalue weighted by Gasteiger charge is -2.32. The summed E-state index contributed by atoms with van der Waals surface area (Å²) in [7, 11) is 0. The van der Waals surface area contributed by atoms with Crippen molar-refractivity contribution in [1.82, 2.24) is 9.38 Å². The van der Waals surface area contributed by atoms with E-state index in [0.29, 0.717) is 0 Å². The van der Waals surface area contributed by atoms with Crippen LogP contribution in [0.1, 0.15) is 38.1 Å². The minimum Gasteiger partial charge on any atom is -0.324 e. The van der Waals surface area contributed by atoms with E-state index in [1.54, 1.807) is 11.3 Å². The molecule has 1 saturated carbocycles. The lowest BCUT2D eigenvalue weighted by molar-refractivity contribution is 0.377. The molecule has 4 heteroatoms. The molecule has 3 nitrogen and oxygen atoms in total. The summed E-state index contributed by atoms with van der Waals surface area (Å²) in [6.45, 7) is 6.57. The molecule has 2 N–H and O–H groups in total. The Hall–Kier alpha value is -0.870. The van der Waals surface area contributed by atoms with E-state index in [1.807, 2.05) is 0 Å². The molecule has 16 heavy (non-hydrogen) atoms. The van der Waals surface area contributed by atoms with Crippen molar-refractivity contribution in [2.75, 3.05) is 0 Å². The number of thiazole rings is 1. The highest BCUT2D eigenvalue weighted by Crippen LogP contribution is 2.50. The number of hydrogen-bond donors (Lipinski definition) is 1. The second-order valence-corrected chi connectivity index (χ2v) is 6.26. The van der Waals surface area contributed by atoms with E-state index in [2.05, 4.69) is 41.7 Å². The Kier molecular flexibility index (Phi) is 1.85. The number of rotatable bonds is 2. The molecule has 3 rings (SSSR count). The van der Waals surface area contributed by atoms with Crippen LogP contribution >= 0.6 is 11.3 Å². The van der Waals surface area contributed by atoms with Gasteiger partial charge in [-0.3, -0.25) is 4.40 Å². The third kappa shape index (κ3) is 1.14. The molecular formula is C12H17N3S. The number of hydrogen-bond acceptors (Lipinski definition) is 3. The predicted molar refractivity (Wildman–Crippen MR) is 67.0 cm³/mol. The second-order valence-electron chi connectivity index (χ2n) is 5.38. The Labute approximate surface area is 99.3 Å². The molecule has 2 aromatic rings. The van der Waals surface area contributed by atoms with Gasteiger partial charge < -0.3 is 5.73 Å². The van der Waals surface area contributed by atoms with Crippen molar-refractivity contribution in [3.63, 3.8) is 0 Å². The molecule has 0 unspecified atom stereocenters. The van der Waals surface area contributed by atoms with Gasteiger partial charge in [-0.25, -0.2) is 4.98 Å². The van der Waals surface area contributed by atoms with Crippen molar-refractivity contribution in [3.8, 4) is 0 Å². The Morgan fingerprint density at radius 2 is 2.19 bits per heavy atom. The maximum absolute atomic E-state index is 6.41. The Bertz CT molecular complexity index is 546. The van der Waals surface area contributed by atoms with Crippen LogP contribution in [0, 0.1) is 6.92 Å². The zero-order chi connectivity index (χ0) is 11.6. The Morgan fingerprint density at radius 3 is 2.81 bits per heavy atom. The standard InChI is InChI=1S/C12H17N3S/c1-8-9(11(2,3)12(13)4-5-12)15-6-7-16-10(15)14-8/h6-7H,4-5,13H2,1-3H3. The van der Waals surface area contributed by atoms with Crippen molar-refractivity contribution in [2.24, 2.45) is 5.73 Å². The lowest BCUT2D eigenvalue weighted by atomic mass is 9.78. The zero-order valence-electron chi connectivity index (χ0n) is 9.95.